The molecule has 1 aromatic rings. The van der Waals surface area contributed by atoms with E-state index in [0.717, 1.165) is 30.8 Å². The number of aromatic carboxylic acids is 1. The fraction of sp³-hybridized carbons (Fsp3) is 0.533. The Labute approximate surface area is 114 Å². The molecule has 19 heavy (non-hydrogen) atoms. The molecule has 104 valence electrons. The van der Waals surface area contributed by atoms with Gasteiger partial charge in [0.1, 0.15) is 0 Å². The molecular formula is C15H21NO3. The normalized spacial score (nSPS) is 23.4. The summed E-state index contributed by atoms with van der Waals surface area (Å²) in [6.45, 7) is 5.78. The van der Waals surface area contributed by atoms with Gasteiger partial charge in [0.2, 0.25) is 0 Å². The van der Waals surface area contributed by atoms with Crippen LogP contribution >= 0.6 is 0 Å². The Morgan fingerprint density at radius 2 is 2.21 bits per heavy atom. The third-order valence-electron chi connectivity index (χ3n) is 3.98. The second-order valence-corrected chi connectivity index (χ2v) is 5.26. The van der Waals surface area contributed by atoms with Gasteiger partial charge in [-0.05, 0) is 30.9 Å². The molecule has 2 rings (SSSR count). The molecule has 0 aliphatic carbocycles. The molecule has 0 aromatic heterocycles. The molecule has 4 nitrogen and oxygen atoms in total. The molecule has 1 aliphatic heterocycles. The summed E-state index contributed by atoms with van der Waals surface area (Å²) in [5.41, 5.74) is 2.22. The average Bonchev–Trinajstić information content (AvgIpc) is 2.39. The number of piperidine rings is 1. The topological polar surface area (TPSA) is 49.8 Å². The van der Waals surface area contributed by atoms with E-state index in [1.807, 2.05) is 13.0 Å². The highest BCUT2D eigenvalue weighted by molar-refractivity contribution is 5.95. The van der Waals surface area contributed by atoms with Crippen molar-refractivity contribution in [3.05, 3.63) is 29.3 Å². The summed E-state index contributed by atoms with van der Waals surface area (Å²) in [6.07, 6.45) is 1.18. The minimum Gasteiger partial charge on any atom is -0.478 e. The van der Waals surface area contributed by atoms with Crippen molar-refractivity contribution in [3.63, 3.8) is 0 Å². The van der Waals surface area contributed by atoms with E-state index in [-0.39, 0.29) is 6.10 Å². The van der Waals surface area contributed by atoms with Gasteiger partial charge in [-0.2, -0.15) is 0 Å². The highest BCUT2D eigenvalue weighted by Crippen LogP contribution is 2.30. The van der Waals surface area contributed by atoms with Crippen LogP contribution in [-0.2, 0) is 4.74 Å². The van der Waals surface area contributed by atoms with Gasteiger partial charge in [0, 0.05) is 20.2 Å². The molecule has 1 saturated heterocycles. The first-order valence-corrected chi connectivity index (χ1v) is 6.65. The van der Waals surface area contributed by atoms with Crippen LogP contribution in [0.5, 0.6) is 0 Å². The van der Waals surface area contributed by atoms with Crippen LogP contribution in [0, 0.1) is 12.8 Å². The number of rotatable bonds is 3. The zero-order valence-electron chi connectivity index (χ0n) is 11.7. The zero-order valence-corrected chi connectivity index (χ0v) is 11.7. The smallest absolute Gasteiger partial charge is 0.337 e. The van der Waals surface area contributed by atoms with Gasteiger partial charge >= 0.3 is 5.97 Å². The van der Waals surface area contributed by atoms with Crippen LogP contribution < -0.4 is 4.90 Å². The van der Waals surface area contributed by atoms with E-state index in [1.54, 1.807) is 19.2 Å². The number of benzene rings is 1. The Bertz CT molecular complexity index is 472. The zero-order chi connectivity index (χ0) is 14.0. The van der Waals surface area contributed by atoms with Crippen molar-refractivity contribution in [3.8, 4) is 0 Å². The predicted molar refractivity (Wildman–Crippen MR) is 74.9 cm³/mol. The van der Waals surface area contributed by atoms with Crippen LogP contribution in [-0.4, -0.2) is 37.4 Å². The summed E-state index contributed by atoms with van der Waals surface area (Å²) < 4.78 is 5.51. The van der Waals surface area contributed by atoms with E-state index in [0.29, 0.717) is 11.5 Å². The molecule has 0 radical (unpaired) electrons. The molecule has 0 spiro atoms. The highest BCUT2D eigenvalue weighted by Gasteiger charge is 2.28. The number of methoxy groups -OCH3 is 1. The van der Waals surface area contributed by atoms with E-state index >= 15 is 0 Å². The largest absolute Gasteiger partial charge is 0.478 e. The molecule has 0 bridgehead atoms. The lowest BCUT2D eigenvalue weighted by Gasteiger charge is -2.38. The molecule has 1 fully saturated rings. The number of nitrogens with zero attached hydrogens (tertiary/aromatic N) is 1. The van der Waals surface area contributed by atoms with Crippen LogP contribution in [0.2, 0.25) is 0 Å². The first-order chi connectivity index (χ1) is 9.04. The molecule has 0 saturated carbocycles. The van der Waals surface area contributed by atoms with Crippen molar-refractivity contribution >= 4 is 11.7 Å². The SMILES string of the molecule is COC1CN(c2c(C)cccc2C(=O)O)CCC1C. The highest BCUT2D eigenvalue weighted by atomic mass is 16.5. The van der Waals surface area contributed by atoms with E-state index in [2.05, 4.69) is 11.8 Å². The second kappa shape index (κ2) is 5.61. The molecule has 1 aromatic carbocycles. The second-order valence-electron chi connectivity index (χ2n) is 5.26. The molecule has 1 N–H and O–H groups in total. The summed E-state index contributed by atoms with van der Waals surface area (Å²) in [4.78, 5) is 13.5. The molecule has 0 amide bonds. The maximum atomic E-state index is 11.4. The van der Waals surface area contributed by atoms with Crippen LogP contribution in [0.4, 0.5) is 5.69 Å². The van der Waals surface area contributed by atoms with Gasteiger partial charge in [-0.25, -0.2) is 4.79 Å². The standard InChI is InChI=1S/C15H21NO3/c1-10-7-8-16(9-13(10)19-3)14-11(2)5-4-6-12(14)15(17)18/h4-6,10,13H,7-9H2,1-3H3,(H,17,18). The third kappa shape index (κ3) is 2.73. The van der Waals surface area contributed by atoms with Crippen LogP contribution in [0.15, 0.2) is 18.2 Å². The first kappa shape index (κ1) is 13.9. The monoisotopic (exact) mass is 263 g/mol. The summed E-state index contributed by atoms with van der Waals surface area (Å²) in [7, 11) is 1.72. The van der Waals surface area contributed by atoms with Crippen LogP contribution in [0.3, 0.4) is 0 Å². The van der Waals surface area contributed by atoms with Gasteiger partial charge in [0.15, 0.2) is 0 Å². The van der Waals surface area contributed by atoms with Crippen molar-refractivity contribution < 1.29 is 14.6 Å². The van der Waals surface area contributed by atoms with Gasteiger partial charge in [0.25, 0.3) is 0 Å². The van der Waals surface area contributed by atoms with Gasteiger partial charge in [-0.1, -0.05) is 19.1 Å². The summed E-state index contributed by atoms with van der Waals surface area (Å²) in [6, 6.07) is 5.43. The van der Waals surface area contributed by atoms with E-state index in [1.165, 1.54) is 0 Å². The number of ether oxygens (including phenoxy) is 1. The number of carboxylic acids is 1. The van der Waals surface area contributed by atoms with E-state index in [4.69, 9.17) is 4.74 Å². The predicted octanol–water partition coefficient (Wildman–Crippen LogP) is 2.55. The lowest BCUT2D eigenvalue weighted by molar-refractivity contribution is 0.0496. The Balaban J connectivity index is 2.34. The van der Waals surface area contributed by atoms with Gasteiger partial charge in [-0.15, -0.1) is 0 Å². The van der Waals surface area contributed by atoms with Crippen molar-refractivity contribution in [1.82, 2.24) is 0 Å². The Hall–Kier alpha value is -1.55. The number of hydrogen-bond donors (Lipinski definition) is 1. The number of carbonyl (C=O) groups is 1. The van der Waals surface area contributed by atoms with Crippen molar-refractivity contribution in [2.75, 3.05) is 25.1 Å². The Kier molecular flexibility index (Phi) is 4.10. The molecular weight excluding hydrogens is 242 g/mol. The summed E-state index contributed by atoms with van der Waals surface area (Å²) in [5, 5.41) is 9.34. The molecule has 4 heteroatoms. The van der Waals surface area contributed by atoms with Crippen LogP contribution in [0.1, 0.15) is 29.3 Å². The van der Waals surface area contributed by atoms with Crippen molar-refractivity contribution in [1.29, 1.82) is 0 Å². The fourth-order valence-electron chi connectivity index (χ4n) is 2.80. The minimum absolute atomic E-state index is 0.162. The summed E-state index contributed by atoms with van der Waals surface area (Å²) >= 11 is 0. The summed E-state index contributed by atoms with van der Waals surface area (Å²) in [5.74, 6) is -0.357. The van der Waals surface area contributed by atoms with Gasteiger partial charge in [0.05, 0.1) is 17.4 Å². The Morgan fingerprint density at radius 3 is 2.84 bits per heavy atom. The molecule has 1 heterocycles. The lowest BCUT2D eigenvalue weighted by Crippen LogP contribution is -2.44. The third-order valence-corrected chi connectivity index (χ3v) is 3.98. The average molecular weight is 263 g/mol. The molecule has 2 atom stereocenters. The number of para-hydroxylation sites is 1. The number of aryl methyl sites for hydroxylation is 1. The first-order valence-electron chi connectivity index (χ1n) is 6.65. The quantitative estimate of drug-likeness (QED) is 0.910. The van der Waals surface area contributed by atoms with Gasteiger partial charge in [-0.3, -0.25) is 0 Å². The maximum absolute atomic E-state index is 11.4. The number of anilines is 1. The van der Waals surface area contributed by atoms with E-state index in [9.17, 15) is 9.90 Å². The Morgan fingerprint density at radius 1 is 1.47 bits per heavy atom. The van der Waals surface area contributed by atoms with Crippen molar-refractivity contribution in [2.24, 2.45) is 5.92 Å². The molecule has 1 aliphatic rings. The minimum atomic E-state index is -0.869. The number of hydrogen-bond acceptors (Lipinski definition) is 3. The van der Waals surface area contributed by atoms with Gasteiger partial charge < -0.3 is 14.7 Å². The number of carboxylic acid groups (broad SMARTS) is 1. The lowest BCUT2D eigenvalue weighted by atomic mass is 9.94. The molecule has 2 unspecified atom stereocenters. The van der Waals surface area contributed by atoms with Crippen LogP contribution in [0.25, 0.3) is 0 Å². The van der Waals surface area contributed by atoms with E-state index < -0.39 is 5.97 Å². The van der Waals surface area contributed by atoms with Crippen molar-refractivity contribution in [2.45, 2.75) is 26.4 Å². The maximum Gasteiger partial charge on any atom is 0.337 e. The fourth-order valence-corrected chi connectivity index (χ4v) is 2.80.